The fourth-order valence-corrected chi connectivity index (χ4v) is 3.07. The van der Waals surface area contributed by atoms with Gasteiger partial charge in [0.15, 0.2) is 0 Å². The summed E-state index contributed by atoms with van der Waals surface area (Å²) in [4.78, 5) is 11.1. The first-order chi connectivity index (χ1) is 7.06. The van der Waals surface area contributed by atoms with Crippen molar-refractivity contribution in [1.82, 2.24) is 10.6 Å². The molecule has 1 heterocycles. The van der Waals surface area contributed by atoms with Crippen LogP contribution in [0.2, 0.25) is 0 Å². The molecule has 0 aromatic carbocycles. The Morgan fingerprint density at radius 2 is 2.33 bits per heavy atom. The molecule has 2 unspecified atom stereocenters. The van der Waals surface area contributed by atoms with Crippen molar-refractivity contribution in [1.29, 1.82) is 0 Å². The number of amides is 1. The normalized spacial score (nSPS) is 27.7. The third-order valence-corrected chi connectivity index (χ3v) is 4.43. The van der Waals surface area contributed by atoms with E-state index in [1.807, 2.05) is 11.8 Å². The fraction of sp³-hybridized carbons (Fsp3) is 0.909. The average Bonchev–Trinajstić information content (AvgIpc) is 2.63. The van der Waals surface area contributed by atoms with E-state index in [0.717, 1.165) is 6.54 Å². The molecule has 0 radical (unpaired) electrons. The maximum atomic E-state index is 11.1. The molecule has 1 rings (SSSR count). The van der Waals surface area contributed by atoms with Crippen molar-refractivity contribution in [2.45, 2.75) is 43.9 Å². The molecule has 1 aliphatic rings. The maximum Gasteiger partial charge on any atom is 0.221 e. The number of nitrogens with one attached hydrogen (secondary N) is 2. The summed E-state index contributed by atoms with van der Waals surface area (Å²) in [5.41, 5.74) is 0. The molecule has 1 amide bonds. The quantitative estimate of drug-likeness (QED) is 0.750. The Bertz CT molecular complexity index is 215. The van der Waals surface area contributed by atoms with Crippen molar-refractivity contribution in [3.05, 3.63) is 0 Å². The van der Waals surface area contributed by atoms with Crippen molar-refractivity contribution in [2.24, 2.45) is 0 Å². The molecule has 0 spiro atoms. The zero-order chi connectivity index (χ0) is 11.3. The van der Waals surface area contributed by atoms with Crippen LogP contribution in [0.5, 0.6) is 0 Å². The second-order valence-electron chi connectivity index (χ2n) is 4.56. The average molecular weight is 230 g/mol. The highest BCUT2D eigenvalue weighted by Gasteiger charge is 2.29. The van der Waals surface area contributed by atoms with Gasteiger partial charge in [0, 0.05) is 30.8 Å². The second-order valence-corrected chi connectivity index (χ2v) is 6.24. The van der Waals surface area contributed by atoms with Gasteiger partial charge in [0.2, 0.25) is 5.91 Å². The van der Waals surface area contributed by atoms with Gasteiger partial charge in [-0.15, -0.1) is 0 Å². The Balaban J connectivity index is 2.21. The number of rotatable bonds is 5. The van der Waals surface area contributed by atoms with E-state index in [1.54, 1.807) is 7.05 Å². The number of thioether (sulfide) groups is 1. The lowest BCUT2D eigenvalue weighted by molar-refractivity contribution is -0.121. The Morgan fingerprint density at radius 1 is 1.60 bits per heavy atom. The van der Waals surface area contributed by atoms with E-state index in [9.17, 15) is 4.79 Å². The van der Waals surface area contributed by atoms with Gasteiger partial charge in [-0.05, 0) is 32.4 Å². The molecule has 15 heavy (non-hydrogen) atoms. The van der Waals surface area contributed by atoms with E-state index in [-0.39, 0.29) is 11.9 Å². The molecule has 0 saturated carbocycles. The molecule has 0 aliphatic carbocycles. The zero-order valence-electron chi connectivity index (χ0n) is 9.93. The van der Waals surface area contributed by atoms with Gasteiger partial charge in [0.25, 0.3) is 0 Å². The summed E-state index contributed by atoms with van der Waals surface area (Å²) in [6, 6.07) is 0.267. The van der Waals surface area contributed by atoms with Gasteiger partial charge in [-0.1, -0.05) is 0 Å². The van der Waals surface area contributed by atoms with Crippen LogP contribution in [0.4, 0.5) is 0 Å². The summed E-state index contributed by atoms with van der Waals surface area (Å²) in [5, 5.41) is 6.10. The minimum atomic E-state index is 0.110. The lowest BCUT2D eigenvalue weighted by Gasteiger charge is -2.25. The van der Waals surface area contributed by atoms with Crippen molar-refractivity contribution in [2.75, 3.05) is 19.3 Å². The van der Waals surface area contributed by atoms with E-state index < -0.39 is 0 Å². The fourth-order valence-electron chi connectivity index (χ4n) is 1.82. The van der Waals surface area contributed by atoms with Crippen molar-refractivity contribution < 1.29 is 4.79 Å². The predicted molar refractivity (Wildman–Crippen MR) is 66.2 cm³/mol. The summed E-state index contributed by atoms with van der Waals surface area (Å²) in [6.07, 6.45) is 3.18. The zero-order valence-corrected chi connectivity index (χ0v) is 10.7. The van der Waals surface area contributed by atoms with Gasteiger partial charge < -0.3 is 10.6 Å². The minimum absolute atomic E-state index is 0.110. The van der Waals surface area contributed by atoms with Gasteiger partial charge in [-0.25, -0.2) is 0 Å². The van der Waals surface area contributed by atoms with E-state index in [1.165, 1.54) is 18.6 Å². The largest absolute Gasteiger partial charge is 0.359 e. The first-order valence-electron chi connectivity index (χ1n) is 5.64. The molecule has 2 N–H and O–H groups in total. The standard InChI is InChI=1S/C11H22N2OS/c1-9(7-10(14)12-3)13-8-11(2)5-4-6-15-11/h9,13H,4-8H2,1-3H3,(H,12,14). The molecule has 0 aromatic rings. The molecule has 0 aromatic heterocycles. The third kappa shape index (κ3) is 4.43. The van der Waals surface area contributed by atoms with Crippen LogP contribution in [0.25, 0.3) is 0 Å². The Hall–Kier alpha value is -0.220. The lowest BCUT2D eigenvalue weighted by atomic mass is 10.1. The molecular weight excluding hydrogens is 208 g/mol. The highest BCUT2D eigenvalue weighted by molar-refractivity contribution is 8.00. The Labute approximate surface area is 96.8 Å². The molecule has 0 bridgehead atoms. The van der Waals surface area contributed by atoms with Crippen LogP contribution >= 0.6 is 11.8 Å². The lowest BCUT2D eigenvalue weighted by Crippen LogP contribution is -2.40. The van der Waals surface area contributed by atoms with Gasteiger partial charge in [-0.3, -0.25) is 4.79 Å². The highest BCUT2D eigenvalue weighted by Crippen LogP contribution is 2.37. The van der Waals surface area contributed by atoms with Crippen molar-refractivity contribution >= 4 is 17.7 Å². The van der Waals surface area contributed by atoms with E-state index in [4.69, 9.17) is 0 Å². The monoisotopic (exact) mass is 230 g/mol. The summed E-state index contributed by atoms with van der Waals surface area (Å²) < 4.78 is 0.386. The second kappa shape index (κ2) is 5.75. The van der Waals surface area contributed by atoms with Crippen LogP contribution in [0, 0.1) is 0 Å². The van der Waals surface area contributed by atoms with Crippen LogP contribution in [-0.2, 0) is 4.79 Å². The smallest absolute Gasteiger partial charge is 0.221 e. The number of hydrogen-bond donors (Lipinski definition) is 2. The van der Waals surface area contributed by atoms with E-state index in [0.29, 0.717) is 11.2 Å². The van der Waals surface area contributed by atoms with Crippen LogP contribution in [0.15, 0.2) is 0 Å². The van der Waals surface area contributed by atoms with E-state index in [2.05, 4.69) is 24.5 Å². The third-order valence-electron chi connectivity index (χ3n) is 2.90. The van der Waals surface area contributed by atoms with Crippen molar-refractivity contribution in [3.8, 4) is 0 Å². The molecule has 88 valence electrons. The van der Waals surface area contributed by atoms with Crippen LogP contribution in [-0.4, -0.2) is 36.0 Å². The number of hydrogen-bond acceptors (Lipinski definition) is 3. The Kier molecular flexibility index (Phi) is 4.93. The van der Waals surface area contributed by atoms with E-state index >= 15 is 0 Å². The van der Waals surface area contributed by atoms with Crippen LogP contribution < -0.4 is 10.6 Å². The van der Waals surface area contributed by atoms with Crippen molar-refractivity contribution in [3.63, 3.8) is 0 Å². The minimum Gasteiger partial charge on any atom is -0.359 e. The molecule has 3 nitrogen and oxygen atoms in total. The number of carbonyl (C=O) groups excluding carboxylic acids is 1. The summed E-state index contributed by atoms with van der Waals surface area (Å²) >= 11 is 2.05. The highest BCUT2D eigenvalue weighted by atomic mass is 32.2. The first-order valence-corrected chi connectivity index (χ1v) is 6.62. The molecule has 1 fully saturated rings. The molecular formula is C11H22N2OS. The number of carbonyl (C=O) groups is 1. The summed E-state index contributed by atoms with van der Waals surface area (Å²) in [5.74, 6) is 1.39. The van der Waals surface area contributed by atoms with Crippen LogP contribution in [0.3, 0.4) is 0 Å². The molecule has 1 aliphatic heterocycles. The predicted octanol–water partition coefficient (Wildman–Crippen LogP) is 1.39. The molecule has 4 heteroatoms. The summed E-state index contributed by atoms with van der Waals surface area (Å²) in [6.45, 7) is 5.39. The van der Waals surface area contributed by atoms with Gasteiger partial charge in [0.05, 0.1) is 0 Å². The SMILES string of the molecule is CNC(=O)CC(C)NCC1(C)CCCS1. The van der Waals surface area contributed by atoms with Gasteiger partial charge in [0.1, 0.15) is 0 Å². The first kappa shape index (κ1) is 12.8. The van der Waals surface area contributed by atoms with Gasteiger partial charge in [-0.2, -0.15) is 11.8 Å². The van der Waals surface area contributed by atoms with Crippen LogP contribution in [0.1, 0.15) is 33.1 Å². The van der Waals surface area contributed by atoms with Gasteiger partial charge >= 0.3 is 0 Å². The maximum absolute atomic E-state index is 11.1. The molecule has 2 atom stereocenters. The molecule has 1 saturated heterocycles. The topological polar surface area (TPSA) is 41.1 Å². The Morgan fingerprint density at radius 3 is 2.87 bits per heavy atom. The summed E-state index contributed by atoms with van der Waals surface area (Å²) in [7, 11) is 1.68.